The Morgan fingerprint density at radius 2 is 1.69 bits per heavy atom. The fraction of sp³-hybridized carbons (Fsp3) is 0.200. The molecule has 0 N–H and O–H groups in total. The lowest BCUT2D eigenvalue weighted by Gasteiger charge is -2.34. The summed E-state index contributed by atoms with van der Waals surface area (Å²) in [5.41, 5.74) is 3.03. The Kier molecular flexibility index (Phi) is 6.17. The van der Waals surface area contributed by atoms with Crippen molar-refractivity contribution in [2.45, 2.75) is 9.79 Å². The van der Waals surface area contributed by atoms with Gasteiger partial charge in [0.1, 0.15) is 5.84 Å². The predicted molar refractivity (Wildman–Crippen MR) is 131 cm³/mol. The summed E-state index contributed by atoms with van der Waals surface area (Å²) in [6.07, 6.45) is 1.70. The van der Waals surface area contributed by atoms with Gasteiger partial charge in [-0.25, -0.2) is 4.99 Å². The standard InChI is InChI=1S/C18H18ClN3S.C7H5NO/c1-21-8-10-22(11-9-21)18-14-12-13(19)6-7-16(14)23-17-5-3-2-4-15(17)20-18;1-2-4-7-6(3-1)5-8-9-7/h2-7,12H,8-11H2,1H3;1-5H. The molecule has 4 aromatic rings. The first kappa shape index (κ1) is 21.1. The number of hydrogen-bond donors (Lipinski definition) is 0. The second kappa shape index (κ2) is 9.36. The van der Waals surface area contributed by atoms with Crippen molar-refractivity contribution in [1.82, 2.24) is 15.0 Å². The summed E-state index contributed by atoms with van der Waals surface area (Å²) in [5, 5.41) is 5.44. The second-order valence-corrected chi connectivity index (χ2v) is 9.32. The second-order valence-electron chi connectivity index (χ2n) is 7.80. The third kappa shape index (κ3) is 4.53. The van der Waals surface area contributed by atoms with Crippen LogP contribution in [0.4, 0.5) is 5.69 Å². The van der Waals surface area contributed by atoms with Crippen molar-refractivity contribution in [3.63, 3.8) is 0 Å². The van der Waals surface area contributed by atoms with Gasteiger partial charge in [0.25, 0.3) is 0 Å². The van der Waals surface area contributed by atoms with Crippen LogP contribution in [0.5, 0.6) is 0 Å². The molecule has 0 bridgehead atoms. The van der Waals surface area contributed by atoms with Gasteiger partial charge in [0.2, 0.25) is 0 Å². The zero-order chi connectivity index (χ0) is 21.9. The van der Waals surface area contributed by atoms with E-state index in [4.69, 9.17) is 21.1 Å². The molecule has 1 aromatic heterocycles. The van der Waals surface area contributed by atoms with Crippen LogP contribution < -0.4 is 0 Å². The number of para-hydroxylation sites is 2. The van der Waals surface area contributed by atoms with Crippen molar-refractivity contribution >= 4 is 45.9 Å². The number of nitrogens with zero attached hydrogens (tertiary/aromatic N) is 4. The van der Waals surface area contributed by atoms with Crippen LogP contribution in [-0.2, 0) is 0 Å². The van der Waals surface area contributed by atoms with E-state index >= 15 is 0 Å². The molecule has 2 aliphatic heterocycles. The van der Waals surface area contributed by atoms with E-state index in [-0.39, 0.29) is 0 Å². The van der Waals surface area contributed by atoms with Crippen LogP contribution in [-0.4, -0.2) is 54.0 Å². The lowest BCUT2D eigenvalue weighted by molar-refractivity contribution is 0.215. The Morgan fingerprint density at radius 3 is 2.53 bits per heavy atom. The average Bonchev–Trinajstić information content (AvgIpc) is 3.23. The molecule has 3 heterocycles. The van der Waals surface area contributed by atoms with Crippen LogP contribution >= 0.6 is 23.4 Å². The van der Waals surface area contributed by atoms with Crippen LogP contribution in [0.3, 0.4) is 0 Å². The molecular weight excluding hydrogens is 440 g/mol. The SMILES string of the molecule is CN1CCN(C2=Nc3ccccc3Sc3ccc(Cl)cc32)CC1.c1ccc2oncc2c1. The first-order valence-electron chi connectivity index (χ1n) is 10.6. The fourth-order valence-corrected chi connectivity index (χ4v) is 4.93. The largest absolute Gasteiger partial charge is 0.356 e. The van der Waals surface area contributed by atoms with E-state index in [1.165, 1.54) is 9.79 Å². The number of aliphatic imine (C=N–C) groups is 1. The molecular formula is C25H23ClN4OS. The molecule has 1 fully saturated rings. The topological polar surface area (TPSA) is 44.9 Å². The Morgan fingerprint density at radius 1 is 0.906 bits per heavy atom. The van der Waals surface area contributed by atoms with Crippen molar-refractivity contribution < 1.29 is 4.52 Å². The monoisotopic (exact) mass is 462 g/mol. The molecule has 0 spiro atoms. The maximum atomic E-state index is 6.28. The van der Waals surface area contributed by atoms with Crippen LogP contribution in [0, 0.1) is 0 Å². The number of likely N-dealkylation sites (N-methyl/N-ethyl adjacent to an activating group) is 1. The fourth-order valence-electron chi connectivity index (χ4n) is 3.76. The zero-order valence-electron chi connectivity index (χ0n) is 17.7. The van der Waals surface area contributed by atoms with E-state index in [0.717, 1.165) is 59.3 Å². The van der Waals surface area contributed by atoms with Gasteiger partial charge < -0.3 is 14.3 Å². The maximum Gasteiger partial charge on any atom is 0.166 e. The lowest BCUT2D eigenvalue weighted by atomic mass is 10.1. The summed E-state index contributed by atoms with van der Waals surface area (Å²) in [6, 6.07) is 22.2. The Balaban J connectivity index is 0.000000199. The van der Waals surface area contributed by atoms with Gasteiger partial charge in [-0.15, -0.1) is 0 Å². The smallest absolute Gasteiger partial charge is 0.166 e. The summed E-state index contributed by atoms with van der Waals surface area (Å²) in [6.45, 7) is 4.11. The lowest BCUT2D eigenvalue weighted by Crippen LogP contribution is -2.47. The Hall–Kier alpha value is -2.80. The number of piperazine rings is 1. The van der Waals surface area contributed by atoms with Gasteiger partial charge >= 0.3 is 0 Å². The van der Waals surface area contributed by atoms with Gasteiger partial charge in [0.15, 0.2) is 5.58 Å². The molecule has 0 aliphatic carbocycles. The highest BCUT2D eigenvalue weighted by molar-refractivity contribution is 7.99. The van der Waals surface area contributed by atoms with Crippen LogP contribution in [0.1, 0.15) is 5.56 Å². The average molecular weight is 463 g/mol. The van der Waals surface area contributed by atoms with Crippen molar-refractivity contribution in [1.29, 1.82) is 0 Å². The predicted octanol–water partition coefficient (Wildman–Crippen LogP) is 5.96. The molecule has 0 radical (unpaired) electrons. The molecule has 32 heavy (non-hydrogen) atoms. The van der Waals surface area contributed by atoms with Crippen LogP contribution in [0.25, 0.3) is 11.0 Å². The van der Waals surface area contributed by atoms with E-state index in [1.807, 2.05) is 42.5 Å². The molecule has 0 saturated carbocycles. The Bertz CT molecular complexity index is 1230. The molecule has 6 rings (SSSR count). The molecule has 162 valence electrons. The first-order chi connectivity index (χ1) is 15.7. The molecule has 1 saturated heterocycles. The van der Waals surface area contributed by atoms with Crippen molar-refractivity contribution in [2.75, 3.05) is 33.2 Å². The van der Waals surface area contributed by atoms with Gasteiger partial charge in [-0.2, -0.15) is 0 Å². The van der Waals surface area contributed by atoms with E-state index in [2.05, 4.69) is 46.3 Å². The van der Waals surface area contributed by atoms with E-state index < -0.39 is 0 Å². The summed E-state index contributed by atoms with van der Waals surface area (Å²) in [4.78, 5) is 12.2. The minimum atomic E-state index is 0.761. The van der Waals surface area contributed by atoms with Gasteiger partial charge in [0.05, 0.1) is 11.9 Å². The zero-order valence-corrected chi connectivity index (χ0v) is 19.3. The number of rotatable bonds is 0. The van der Waals surface area contributed by atoms with Crippen molar-refractivity contribution in [3.8, 4) is 0 Å². The third-order valence-corrected chi connectivity index (χ3v) is 6.93. The summed E-state index contributed by atoms with van der Waals surface area (Å²) in [7, 11) is 2.17. The number of aromatic nitrogens is 1. The van der Waals surface area contributed by atoms with Gasteiger partial charge in [-0.3, -0.25) is 0 Å². The molecule has 2 aliphatic rings. The van der Waals surface area contributed by atoms with Crippen molar-refractivity contribution in [3.05, 3.63) is 83.5 Å². The summed E-state index contributed by atoms with van der Waals surface area (Å²) < 4.78 is 4.87. The number of fused-ring (bicyclic) bond motifs is 3. The number of amidine groups is 1. The minimum Gasteiger partial charge on any atom is -0.356 e. The van der Waals surface area contributed by atoms with Crippen LogP contribution in [0.2, 0.25) is 5.02 Å². The molecule has 5 nitrogen and oxygen atoms in total. The number of benzene rings is 3. The first-order valence-corrected chi connectivity index (χ1v) is 11.8. The van der Waals surface area contributed by atoms with Gasteiger partial charge in [0, 0.05) is 51.9 Å². The molecule has 0 unspecified atom stereocenters. The maximum absolute atomic E-state index is 6.28. The van der Waals surface area contributed by atoms with Crippen molar-refractivity contribution in [2.24, 2.45) is 4.99 Å². The highest BCUT2D eigenvalue weighted by Gasteiger charge is 2.24. The summed E-state index contributed by atoms with van der Waals surface area (Å²) >= 11 is 8.05. The number of halogens is 1. The highest BCUT2D eigenvalue weighted by atomic mass is 35.5. The number of hydrogen-bond acceptors (Lipinski definition) is 6. The van der Waals surface area contributed by atoms with Gasteiger partial charge in [-0.05, 0) is 49.5 Å². The van der Waals surface area contributed by atoms with E-state index in [1.54, 1.807) is 18.0 Å². The van der Waals surface area contributed by atoms with E-state index in [9.17, 15) is 0 Å². The Labute approximate surface area is 196 Å². The third-order valence-electron chi connectivity index (χ3n) is 5.56. The molecule has 0 atom stereocenters. The minimum absolute atomic E-state index is 0.761. The normalized spacial score (nSPS) is 15.8. The quantitative estimate of drug-likeness (QED) is 0.322. The molecule has 3 aromatic carbocycles. The van der Waals surface area contributed by atoms with E-state index in [0.29, 0.717) is 0 Å². The highest BCUT2D eigenvalue weighted by Crippen LogP contribution is 2.41. The van der Waals surface area contributed by atoms with Gasteiger partial charge in [-0.1, -0.05) is 52.8 Å². The molecule has 7 heteroatoms. The summed E-state index contributed by atoms with van der Waals surface area (Å²) in [5.74, 6) is 1.05. The molecule has 0 amide bonds. The van der Waals surface area contributed by atoms with Crippen LogP contribution in [0.15, 0.2) is 92.2 Å².